The molecule has 100 valence electrons. The molecule has 0 aliphatic heterocycles. The standard InChI is InChI=1S/C15H23NO2/c1-15(2)13(10-14(15)18)16-12-7-3-5-11(9-12)6-4-8-17/h3,5,7,9,13-14,16-18H,4,6,8,10H2,1-2H3. The van der Waals surface area contributed by atoms with Gasteiger partial charge in [-0.1, -0.05) is 26.0 Å². The molecule has 2 atom stereocenters. The summed E-state index contributed by atoms with van der Waals surface area (Å²) in [5.74, 6) is 0. The van der Waals surface area contributed by atoms with Gasteiger partial charge in [0.15, 0.2) is 0 Å². The lowest BCUT2D eigenvalue weighted by molar-refractivity contribution is -0.0510. The van der Waals surface area contributed by atoms with Crippen molar-refractivity contribution in [2.45, 2.75) is 45.3 Å². The minimum absolute atomic E-state index is 0.0545. The van der Waals surface area contributed by atoms with Gasteiger partial charge in [-0.15, -0.1) is 0 Å². The highest BCUT2D eigenvalue weighted by molar-refractivity contribution is 5.47. The maximum Gasteiger partial charge on any atom is 0.0630 e. The van der Waals surface area contributed by atoms with E-state index in [1.165, 1.54) is 5.56 Å². The van der Waals surface area contributed by atoms with E-state index in [1.54, 1.807) is 0 Å². The highest BCUT2D eigenvalue weighted by atomic mass is 16.3. The molecule has 0 heterocycles. The lowest BCUT2D eigenvalue weighted by Crippen LogP contribution is -2.56. The summed E-state index contributed by atoms with van der Waals surface area (Å²) in [5, 5.41) is 22.1. The molecule has 1 saturated carbocycles. The number of benzene rings is 1. The molecule has 1 aliphatic carbocycles. The Balaban J connectivity index is 1.98. The van der Waals surface area contributed by atoms with E-state index in [-0.39, 0.29) is 18.1 Å². The van der Waals surface area contributed by atoms with Gasteiger partial charge >= 0.3 is 0 Å². The average molecular weight is 249 g/mol. The van der Waals surface area contributed by atoms with Crippen molar-refractivity contribution in [2.75, 3.05) is 11.9 Å². The van der Waals surface area contributed by atoms with Crippen LogP contribution >= 0.6 is 0 Å². The topological polar surface area (TPSA) is 52.5 Å². The first-order valence-corrected chi connectivity index (χ1v) is 6.68. The van der Waals surface area contributed by atoms with E-state index in [4.69, 9.17) is 5.11 Å². The number of anilines is 1. The zero-order valence-electron chi connectivity index (χ0n) is 11.2. The van der Waals surface area contributed by atoms with Gasteiger partial charge in [-0.3, -0.25) is 0 Å². The molecule has 0 radical (unpaired) electrons. The van der Waals surface area contributed by atoms with Gasteiger partial charge in [0.05, 0.1) is 6.10 Å². The van der Waals surface area contributed by atoms with E-state index in [0.29, 0.717) is 6.04 Å². The van der Waals surface area contributed by atoms with Crippen molar-refractivity contribution in [3.05, 3.63) is 29.8 Å². The molecule has 1 aliphatic rings. The van der Waals surface area contributed by atoms with Crippen LogP contribution in [0.2, 0.25) is 0 Å². The lowest BCUT2D eigenvalue weighted by Gasteiger charge is -2.49. The Bertz CT molecular complexity index is 403. The SMILES string of the molecule is CC1(C)C(O)CC1Nc1cccc(CCCO)c1. The zero-order chi connectivity index (χ0) is 13.2. The van der Waals surface area contributed by atoms with E-state index < -0.39 is 0 Å². The molecule has 18 heavy (non-hydrogen) atoms. The first-order valence-electron chi connectivity index (χ1n) is 6.68. The number of aryl methyl sites for hydroxylation is 1. The van der Waals surface area contributed by atoms with Crippen molar-refractivity contribution in [3.63, 3.8) is 0 Å². The van der Waals surface area contributed by atoms with Crippen LogP contribution in [0.3, 0.4) is 0 Å². The Morgan fingerprint density at radius 3 is 2.78 bits per heavy atom. The molecule has 0 aromatic heterocycles. The molecular weight excluding hydrogens is 226 g/mol. The first-order chi connectivity index (χ1) is 8.54. The van der Waals surface area contributed by atoms with Gasteiger partial charge < -0.3 is 15.5 Å². The summed E-state index contributed by atoms with van der Waals surface area (Å²) in [6, 6.07) is 8.65. The zero-order valence-corrected chi connectivity index (χ0v) is 11.2. The van der Waals surface area contributed by atoms with E-state index in [1.807, 2.05) is 6.07 Å². The minimum atomic E-state index is -0.201. The molecule has 0 spiro atoms. The molecule has 2 rings (SSSR count). The van der Waals surface area contributed by atoms with Gasteiger partial charge in [0.1, 0.15) is 0 Å². The quantitative estimate of drug-likeness (QED) is 0.749. The monoisotopic (exact) mass is 249 g/mol. The third-order valence-electron chi connectivity index (χ3n) is 4.11. The highest BCUT2D eigenvalue weighted by Gasteiger charge is 2.47. The number of hydrogen-bond acceptors (Lipinski definition) is 3. The molecule has 0 saturated heterocycles. The van der Waals surface area contributed by atoms with Gasteiger partial charge in [-0.05, 0) is 37.0 Å². The minimum Gasteiger partial charge on any atom is -0.396 e. The van der Waals surface area contributed by atoms with Crippen LogP contribution in [0.4, 0.5) is 5.69 Å². The molecule has 1 fully saturated rings. The van der Waals surface area contributed by atoms with Gasteiger partial charge in [0.25, 0.3) is 0 Å². The second kappa shape index (κ2) is 5.29. The summed E-state index contributed by atoms with van der Waals surface area (Å²) in [5.41, 5.74) is 2.29. The fraction of sp³-hybridized carbons (Fsp3) is 0.600. The molecule has 3 heteroatoms. The summed E-state index contributed by atoms with van der Waals surface area (Å²) in [6.45, 7) is 4.42. The predicted octanol–water partition coefficient (Wildman–Crippen LogP) is 2.18. The van der Waals surface area contributed by atoms with Gasteiger partial charge in [-0.25, -0.2) is 0 Å². The molecule has 0 amide bonds. The maximum absolute atomic E-state index is 9.73. The van der Waals surface area contributed by atoms with Crippen LogP contribution in [0.5, 0.6) is 0 Å². The van der Waals surface area contributed by atoms with E-state index in [9.17, 15) is 5.11 Å². The fourth-order valence-corrected chi connectivity index (χ4v) is 2.45. The van der Waals surface area contributed by atoms with Crippen molar-refractivity contribution in [1.82, 2.24) is 0 Å². The van der Waals surface area contributed by atoms with Crippen LogP contribution in [0.25, 0.3) is 0 Å². The Hall–Kier alpha value is -1.06. The van der Waals surface area contributed by atoms with E-state index in [2.05, 4.69) is 37.4 Å². The Kier molecular flexibility index (Phi) is 3.93. The number of nitrogens with one attached hydrogen (secondary N) is 1. The van der Waals surface area contributed by atoms with E-state index in [0.717, 1.165) is 24.9 Å². The number of aliphatic hydroxyl groups is 2. The smallest absolute Gasteiger partial charge is 0.0630 e. The number of hydrogen-bond donors (Lipinski definition) is 3. The fourth-order valence-electron chi connectivity index (χ4n) is 2.45. The number of rotatable bonds is 5. The van der Waals surface area contributed by atoms with Crippen molar-refractivity contribution in [1.29, 1.82) is 0 Å². The molecule has 1 aromatic rings. The molecule has 2 unspecified atom stereocenters. The van der Waals surface area contributed by atoms with Gasteiger partial charge in [0, 0.05) is 23.8 Å². The van der Waals surface area contributed by atoms with Crippen LogP contribution in [-0.2, 0) is 6.42 Å². The Morgan fingerprint density at radius 1 is 1.39 bits per heavy atom. The van der Waals surface area contributed by atoms with Crippen molar-refractivity contribution < 1.29 is 10.2 Å². The summed E-state index contributed by atoms with van der Waals surface area (Å²) in [7, 11) is 0. The van der Waals surface area contributed by atoms with Crippen molar-refractivity contribution in [2.24, 2.45) is 5.41 Å². The molecule has 1 aromatic carbocycles. The summed E-state index contributed by atoms with van der Waals surface area (Å²) in [4.78, 5) is 0. The second-order valence-electron chi connectivity index (χ2n) is 5.80. The van der Waals surface area contributed by atoms with Crippen LogP contribution in [-0.4, -0.2) is 29.0 Å². The van der Waals surface area contributed by atoms with Crippen LogP contribution in [0, 0.1) is 5.41 Å². The number of aliphatic hydroxyl groups excluding tert-OH is 2. The highest BCUT2D eigenvalue weighted by Crippen LogP contribution is 2.42. The Morgan fingerprint density at radius 2 is 2.17 bits per heavy atom. The Labute approximate surface area is 109 Å². The van der Waals surface area contributed by atoms with E-state index >= 15 is 0 Å². The van der Waals surface area contributed by atoms with Gasteiger partial charge in [-0.2, -0.15) is 0 Å². The van der Waals surface area contributed by atoms with Crippen molar-refractivity contribution >= 4 is 5.69 Å². The second-order valence-corrected chi connectivity index (χ2v) is 5.80. The molecule has 3 nitrogen and oxygen atoms in total. The van der Waals surface area contributed by atoms with Crippen LogP contribution < -0.4 is 5.32 Å². The normalized spacial score (nSPS) is 25.6. The predicted molar refractivity (Wildman–Crippen MR) is 73.7 cm³/mol. The maximum atomic E-state index is 9.73. The summed E-state index contributed by atoms with van der Waals surface area (Å²) >= 11 is 0. The molecular formula is C15H23NO2. The first kappa shape index (κ1) is 13.4. The van der Waals surface area contributed by atoms with Crippen molar-refractivity contribution in [3.8, 4) is 0 Å². The van der Waals surface area contributed by atoms with Gasteiger partial charge in [0.2, 0.25) is 0 Å². The largest absolute Gasteiger partial charge is 0.396 e. The van der Waals surface area contributed by atoms with Crippen LogP contribution in [0.1, 0.15) is 32.3 Å². The lowest BCUT2D eigenvalue weighted by atomic mass is 9.64. The summed E-state index contributed by atoms with van der Waals surface area (Å²) in [6.07, 6.45) is 2.32. The third kappa shape index (κ3) is 2.68. The molecule has 3 N–H and O–H groups in total. The third-order valence-corrected chi connectivity index (χ3v) is 4.11. The van der Waals surface area contributed by atoms with Crippen LogP contribution in [0.15, 0.2) is 24.3 Å². The molecule has 0 bridgehead atoms. The summed E-state index contributed by atoms with van der Waals surface area (Å²) < 4.78 is 0. The average Bonchev–Trinajstić information content (AvgIpc) is 2.36.